The molecule has 5 rings (SSSR count). The Morgan fingerprint density at radius 2 is 2.06 bits per heavy atom. The van der Waals surface area contributed by atoms with Crippen LogP contribution in [0.15, 0.2) is 46.7 Å². The van der Waals surface area contributed by atoms with Crippen LogP contribution in [0.5, 0.6) is 0 Å². The van der Waals surface area contributed by atoms with E-state index in [1.54, 1.807) is 11.6 Å². The van der Waals surface area contributed by atoms with E-state index in [4.69, 9.17) is 9.72 Å². The first-order valence-corrected chi connectivity index (χ1v) is 11.7. The van der Waals surface area contributed by atoms with Crippen molar-refractivity contribution in [1.29, 1.82) is 0 Å². The molecule has 1 aliphatic rings. The fourth-order valence-electron chi connectivity index (χ4n) is 4.53. The third-order valence-electron chi connectivity index (χ3n) is 6.40. The summed E-state index contributed by atoms with van der Waals surface area (Å²) in [5.74, 6) is 0.0787. The second-order valence-electron chi connectivity index (χ2n) is 9.45. The van der Waals surface area contributed by atoms with Crippen molar-refractivity contribution in [2.45, 2.75) is 46.6 Å². The highest BCUT2D eigenvalue weighted by Crippen LogP contribution is 2.39. The van der Waals surface area contributed by atoms with Gasteiger partial charge in [-0.15, -0.1) is 11.3 Å². The molecule has 0 saturated heterocycles. The first kappa shape index (κ1) is 20.8. The van der Waals surface area contributed by atoms with Gasteiger partial charge in [-0.25, -0.2) is 9.78 Å². The Hall–Kier alpha value is -3.06. The van der Waals surface area contributed by atoms with Crippen LogP contribution in [-0.2, 0) is 24.2 Å². The van der Waals surface area contributed by atoms with Crippen LogP contribution in [0.1, 0.15) is 54.5 Å². The number of aromatic nitrogens is 3. The van der Waals surface area contributed by atoms with Gasteiger partial charge in [-0.05, 0) is 42.2 Å². The van der Waals surface area contributed by atoms with E-state index >= 15 is 0 Å². The van der Waals surface area contributed by atoms with Crippen molar-refractivity contribution in [2.24, 2.45) is 11.3 Å². The van der Waals surface area contributed by atoms with Crippen LogP contribution >= 0.6 is 11.3 Å². The van der Waals surface area contributed by atoms with Crippen LogP contribution in [0.4, 0.5) is 0 Å². The van der Waals surface area contributed by atoms with Gasteiger partial charge in [0.25, 0.3) is 5.56 Å². The molecular weight excluding hydrogens is 422 g/mol. The van der Waals surface area contributed by atoms with Crippen LogP contribution < -0.4 is 5.56 Å². The van der Waals surface area contributed by atoms with E-state index in [2.05, 4.69) is 25.8 Å². The second-order valence-corrected chi connectivity index (χ2v) is 10.3. The van der Waals surface area contributed by atoms with Gasteiger partial charge in [0.1, 0.15) is 6.61 Å². The fourth-order valence-corrected chi connectivity index (χ4v) is 5.27. The number of ether oxygens (including phenoxy) is 1. The summed E-state index contributed by atoms with van der Waals surface area (Å²) in [5, 5.41) is 2.62. The summed E-state index contributed by atoms with van der Waals surface area (Å²) in [6, 6.07) is 9.15. The Morgan fingerprint density at radius 1 is 1.25 bits per heavy atom. The lowest BCUT2D eigenvalue weighted by Gasteiger charge is -2.35. The number of aryl methyl sites for hydroxylation is 1. The molecule has 3 heterocycles. The number of rotatable bonds is 3. The third kappa shape index (κ3) is 3.71. The van der Waals surface area contributed by atoms with Gasteiger partial charge in [0, 0.05) is 28.7 Å². The quantitative estimate of drug-likeness (QED) is 0.421. The second kappa shape index (κ2) is 7.81. The Balaban J connectivity index is 1.52. The molecule has 0 bridgehead atoms. The van der Waals surface area contributed by atoms with E-state index in [0.29, 0.717) is 22.1 Å². The zero-order valence-electron chi connectivity index (χ0n) is 18.4. The number of carbonyl (C=O) groups excluding carboxylic acids is 1. The molecule has 0 spiro atoms. The van der Waals surface area contributed by atoms with Gasteiger partial charge in [0.05, 0.1) is 16.8 Å². The van der Waals surface area contributed by atoms with Crippen molar-refractivity contribution >= 4 is 33.2 Å². The number of pyridine rings is 1. The SMILES string of the molecule is CC(C)(C)[C@@H]1CCc2nc3ccccc3c(C(=O)OCc3cc(=O)n4ccsc4n3)c2C1. The van der Waals surface area contributed by atoms with Crippen molar-refractivity contribution in [3.8, 4) is 0 Å². The summed E-state index contributed by atoms with van der Waals surface area (Å²) >= 11 is 1.37. The monoisotopic (exact) mass is 447 g/mol. The zero-order chi connectivity index (χ0) is 22.5. The minimum Gasteiger partial charge on any atom is -0.456 e. The molecule has 0 radical (unpaired) electrons. The molecule has 0 saturated carbocycles. The summed E-state index contributed by atoms with van der Waals surface area (Å²) in [6.45, 7) is 6.71. The van der Waals surface area contributed by atoms with E-state index in [1.165, 1.54) is 21.8 Å². The first-order chi connectivity index (χ1) is 15.3. The van der Waals surface area contributed by atoms with Gasteiger partial charge in [-0.2, -0.15) is 0 Å². The highest BCUT2D eigenvalue weighted by Gasteiger charge is 2.33. The fraction of sp³-hybridized carbons (Fsp3) is 0.360. The maximum atomic E-state index is 13.4. The molecule has 0 amide bonds. The molecule has 1 atom stereocenters. The molecule has 6 nitrogen and oxygen atoms in total. The number of carbonyl (C=O) groups is 1. The highest BCUT2D eigenvalue weighted by atomic mass is 32.1. The van der Waals surface area contributed by atoms with Crippen molar-refractivity contribution in [3.05, 3.63) is 74.8 Å². The molecule has 7 heteroatoms. The van der Waals surface area contributed by atoms with E-state index in [1.807, 2.05) is 24.3 Å². The van der Waals surface area contributed by atoms with Gasteiger partial charge in [-0.3, -0.25) is 14.2 Å². The van der Waals surface area contributed by atoms with Crippen LogP contribution in [0.2, 0.25) is 0 Å². The van der Waals surface area contributed by atoms with E-state index in [-0.39, 0.29) is 23.6 Å². The molecule has 0 fully saturated rings. The predicted octanol–water partition coefficient (Wildman–Crippen LogP) is 4.81. The standard InChI is InChI=1S/C25H25N3O3S/c1-25(2,3)15-8-9-20-18(12-15)22(17-6-4-5-7-19(17)27-20)23(30)31-14-16-13-21(29)28-10-11-32-24(28)26-16/h4-7,10-11,13,15H,8-9,12,14H2,1-3H3/t15-/m1/s1. The number of hydrogen-bond acceptors (Lipinski definition) is 6. The lowest BCUT2D eigenvalue weighted by molar-refractivity contribution is 0.0467. The largest absolute Gasteiger partial charge is 0.456 e. The summed E-state index contributed by atoms with van der Waals surface area (Å²) < 4.78 is 7.20. The normalized spacial score (nSPS) is 16.3. The number of para-hydroxylation sites is 1. The molecule has 1 aliphatic carbocycles. The number of fused-ring (bicyclic) bond motifs is 3. The van der Waals surface area contributed by atoms with Gasteiger partial charge in [-0.1, -0.05) is 39.0 Å². The Morgan fingerprint density at radius 3 is 2.88 bits per heavy atom. The summed E-state index contributed by atoms with van der Waals surface area (Å²) in [5.41, 5.74) is 3.83. The van der Waals surface area contributed by atoms with Crippen molar-refractivity contribution in [3.63, 3.8) is 0 Å². The summed E-state index contributed by atoms with van der Waals surface area (Å²) in [6.07, 6.45) is 4.41. The van der Waals surface area contributed by atoms with Gasteiger partial charge in [0.2, 0.25) is 0 Å². The lowest BCUT2D eigenvalue weighted by atomic mass is 9.70. The third-order valence-corrected chi connectivity index (χ3v) is 7.15. The van der Waals surface area contributed by atoms with Crippen LogP contribution in [0.3, 0.4) is 0 Å². The van der Waals surface area contributed by atoms with Crippen molar-refractivity contribution in [2.75, 3.05) is 0 Å². The molecule has 0 aliphatic heterocycles. The molecule has 0 N–H and O–H groups in total. The molecule has 164 valence electrons. The van der Waals surface area contributed by atoms with E-state index < -0.39 is 0 Å². The number of esters is 1. The van der Waals surface area contributed by atoms with Gasteiger partial charge < -0.3 is 4.74 Å². The van der Waals surface area contributed by atoms with Crippen molar-refractivity contribution in [1.82, 2.24) is 14.4 Å². The lowest BCUT2D eigenvalue weighted by Crippen LogP contribution is -2.29. The van der Waals surface area contributed by atoms with E-state index in [0.717, 1.165) is 41.4 Å². The minimum atomic E-state index is -0.386. The summed E-state index contributed by atoms with van der Waals surface area (Å²) in [7, 11) is 0. The zero-order valence-corrected chi connectivity index (χ0v) is 19.2. The smallest absolute Gasteiger partial charge is 0.339 e. The highest BCUT2D eigenvalue weighted by molar-refractivity contribution is 7.15. The molecule has 1 aromatic carbocycles. The predicted molar refractivity (Wildman–Crippen MR) is 125 cm³/mol. The summed E-state index contributed by atoms with van der Waals surface area (Å²) in [4.78, 5) is 35.6. The number of thiazole rings is 1. The Kier molecular flexibility index (Phi) is 5.08. The van der Waals surface area contributed by atoms with Gasteiger partial charge in [0.15, 0.2) is 4.96 Å². The van der Waals surface area contributed by atoms with Crippen LogP contribution in [-0.4, -0.2) is 20.3 Å². The number of nitrogens with zero attached hydrogens (tertiary/aromatic N) is 3. The number of benzene rings is 1. The molecular formula is C25H25N3O3S. The molecule has 3 aromatic heterocycles. The number of hydrogen-bond donors (Lipinski definition) is 0. The average molecular weight is 448 g/mol. The maximum Gasteiger partial charge on any atom is 0.339 e. The van der Waals surface area contributed by atoms with Gasteiger partial charge >= 0.3 is 5.97 Å². The average Bonchev–Trinajstić information content (AvgIpc) is 3.24. The molecule has 4 aromatic rings. The Labute approximate surface area is 189 Å². The van der Waals surface area contributed by atoms with E-state index in [9.17, 15) is 9.59 Å². The topological polar surface area (TPSA) is 73.6 Å². The maximum absolute atomic E-state index is 13.4. The first-order valence-electron chi connectivity index (χ1n) is 10.8. The molecule has 32 heavy (non-hydrogen) atoms. The Bertz CT molecular complexity index is 1400. The molecule has 0 unspecified atom stereocenters. The van der Waals surface area contributed by atoms with Crippen LogP contribution in [0.25, 0.3) is 15.9 Å². The van der Waals surface area contributed by atoms with Crippen LogP contribution in [0, 0.1) is 11.3 Å². The van der Waals surface area contributed by atoms with Crippen molar-refractivity contribution < 1.29 is 9.53 Å². The minimum absolute atomic E-state index is 0.0450.